The Morgan fingerprint density at radius 3 is 2.69 bits per heavy atom. The second kappa shape index (κ2) is 10.9. The van der Waals surface area contributed by atoms with E-state index < -0.39 is 34.5 Å². The maximum absolute atomic E-state index is 13.1. The molecule has 7 rings (SSSR count). The van der Waals surface area contributed by atoms with E-state index in [-0.39, 0.29) is 5.56 Å². The second-order valence-electron chi connectivity index (χ2n) is 10.5. The van der Waals surface area contributed by atoms with E-state index in [0.29, 0.717) is 47.0 Å². The highest BCUT2D eigenvalue weighted by molar-refractivity contribution is 5.98. The molecule has 0 radical (unpaired) electrons. The Bertz CT molecular complexity index is 2110. The smallest absolute Gasteiger partial charge is 0.282 e. The zero-order valence-corrected chi connectivity index (χ0v) is 23.3. The topological polar surface area (TPSA) is 160 Å². The molecule has 45 heavy (non-hydrogen) atoms. The summed E-state index contributed by atoms with van der Waals surface area (Å²) >= 11 is 0. The van der Waals surface area contributed by atoms with Crippen LogP contribution in [0.4, 0.5) is 20.3 Å². The van der Waals surface area contributed by atoms with Crippen molar-refractivity contribution in [2.24, 2.45) is 0 Å². The summed E-state index contributed by atoms with van der Waals surface area (Å²) in [6, 6.07) is 17.2. The molecular formula is C31H23F2N9O3. The average Bonchev–Trinajstić information content (AvgIpc) is 3.79. The van der Waals surface area contributed by atoms with E-state index in [2.05, 4.69) is 15.4 Å². The minimum absolute atomic E-state index is 0.280. The first-order chi connectivity index (χ1) is 21.8. The number of hydrogen-bond acceptors (Lipinski definition) is 8. The van der Waals surface area contributed by atoms with Crippen LogP contribution in [-0.4, -0.2) is 40.1 Å². The number of pyridine rings is 2. The molecule has 4 aromatic heterocycles. The van der Waals surface area contributed by atoms with Crippen molar-refractivity contribution in [2.75, 3.05) is 5.73 Å². The Hall–Kier alpha value is -6.05. The van der Waals surface area contributed by atoms with Crippen LogP contribution in [0, 0.1) is 10.1 Å². The number of amides is 1. The van der Waals surface area contributed by atoms with Crippen molar-refractivity contribution in [1.82, 2.24) is 34.6 Å². The number of nitro groups is 1. The zero-order chi connectivity index (χ0) is 31.2. The summed E-state index contributed by atoms with van der Waals surface area (Å²) in [5.74, 6) is 0.734. The van der Waals surface area contributed by atoms with Gasteiger partial charge in [0, 0.05) is 35.9 Å². The van der Waals surface area contributed by atoms with E-state index in [1.165, 1.54) is 0 Å². The number of nitrogens with zero attached hydrogens (tertiary/aromatic N) is 7. The number of benzene rings is 2. The summed E-state index contributed by atoms with van der Waals surface area (Å²) in [4.78, 5) is 37.8. The van der Waals surface area contributed by atoms with Gasteiger partial charge < -0.3 is 11.1 Å². The number of fused-ring (bicyclic) bond motifs is 2. The largest absolute Gasteiger partial charge is 0.383 e. The van der Waals surface area contributed by atoms with Crippen molar-refractivity contribution in [3.05, 3.63) is 118 Å². The summed E-state index contributed by atoms with van der Waals surface area (Å²) in [6.45, 7) is 0. The quantitative estimate of drug-likeness (QED) is 0.177. The third-order valence-corrected chi connectivity index (χ3v) is 7.79. The number of nitro benzene ring substituents is 1. The molecule has 3 N–H and O–H groups in total. The molecule has 12 nitrogen and oxygen atoms in total. The van der Waals surface area contributed by atoms with Crippen molar-refractivity contribution in [3.63, 3.8) is 0 Å². The molecule has 6 aromatic rings. The molecule has 0 bridgehead atoms. The van der Waals surface area contributed by atoms with Gasteiger partial charge in [0.15, 0.2) is 17.3 Å². The highest BCUT2D eigenvalue weighted by Gasteiger charge is 2.29. The van der Waals surface area contributed by atoms with Gasteiger partial charge in [-0.1, -0.05) is 12.1 Å². The fourth-order valence-corrected chi connectivity index (χ4v) is 5.67. The summed E-state index contributed by atoms with van der Waals surface area (Å²) in [7, 11) is 0. The van der Waals surface area contributed by atoms with Crippen molar-refractivity contribution < 1.29 is 18.5 Å². The van der Waals surface area contributed by atoms with E-state index in [0.717, 1.165) is 35.0 Å². The van der Waals surface area contributed by atoms with Crippen molar-refractivity contribution in [2.45, 2.75) is 25.3 Å². The number of anilines is 1. The van der Waals surface area contributed by atoms with Crippen LogP contribution in [0.3, 0.4) is 0 Å². The third kappa shape index (κ3) is 4.91. The van der Waals surface area contributed by atoms with E-state index >= 15 is 0 Å². The maximum Gasteiger partial charge on any atom is 0.282 e. The first-order valence-corrected chi connectivity index (χ1v) is 13.9. The number of rotatable bonds is 7. The van der Waals surface area contributed by atoms with Gasteiger partial charge in [-0.2, -0.15) is 5.10 Å². The predicted molar refractivity (Wildman–Crippen MR) is 160 cm³/mol. The minimum atomic E-state index is -2.90. The molecule has 14 heteroatoms. The molecule has 1 atom stereocenters. The first-order valence-electron chi connectivity index (χ1n) is 13.9. The van der Waals surface area contributed by atoms with Crippen molar-refractivity contribution in [1.29, 1.82) is 0 Å². The highest BCUT2D eigenvalue weighted by Crippen LogP contribution is 2.36. The lowest BCUT2D eigenvalue weighted by Crippen LogP contribution is -2.27. The molecule has 1 amide bonds. The summed E-state index contributed by atoms with van der Waals surface area (Å²) in [5, 5.41) is 18.7. The monoisotopic (exact) mass is 607 g/mol. The Kier molecular flexibility index (Phi) is 6.72. The van der Waals surface area contributed by atoms with Gasteiger partial charge in [0.25, 0.3) is 18.0 Å². The molecule has 0 saturated carbocycles. The average molecular weight is 608 g/mol. The fourth-order valence-electron chi connectivity index (χ4n) is 5.67. The maximum atomic E-state index is 13.1. The van der Waals surface area contributed by atoms with Crippen LogP contribution in [0.5, 0.6) is 0 Å². The summed E-state index contributed by atoms with van der Waals surface area (Å²) in [6.07, 6.45) is 3.32. The van der Waals surface area contributed by atoms with Gasteiger partial charge in [0.2, 0.25) is 0 Å². The number of alkyl halides is 2. The fraction of sp³-hybridized carbons (Fsp3) is 0.129. The molecular weight excluding hydrogens is 584 g/mol. The number of nitrogens with one attached hydrogen (secondary N) is 1. The Morgan fingerprint density at radius 1 is 1.07 bits per heavy atom. The number of halogens is 2. The van der Waals surface area contributed by atoms with Crippen LogP contribution >= 0.6 is 0 Å². The molecule has 0 aliphatic heterocycles. The van der Waals surface area contributed by atoms with Gasteiger partial charge in [-0.05, 0) is 72.5 Å². The SMILES string of the molecule is Nc1ncccc1-c1nc2ccc(-n3cccn3)nc2n1-c1ccc2c(c1)CC[C@@H]2NC(=O)c1ccc(C(F)F)cc1[N+](=O)[O-]. The predicted octanol–water partition coefficient (Wildman–Crippen LogP) is 5.51. The molecule has 2 aromatic carbocycles. The van der Waals surface area contributed by atoms with Crippen LogP contribution in [0.1, 0.15) is 45.9 Å². The second-order valence-corrected chi connectivity index (χ2v) is 10.5. The van der Waals surface area contributed by atoms with E-state index in [9.17, 15) is 23.7 Å². The van der Waals surface area contributed by atoms with Crippen LogP contribution < -0.4 is 11.1 Å². The van der Waals surface area contributed by atoms with Gasteiger partial charge in [-0.25, -0.2) is 28.4 Å². The summed E-state index contributed by atoms with van der Waals surface area (Å²) < 4.78 is 29.8. The molecule has 224 valence electrons. The molecule has 1 aliphatic rings. The van der Waals surface area contributed by atoms with Gasteiger partial charge >= 0.3 is 0 Å². The van der Waals surface area contributed by atoms with Crippen LogP contribution in [0.15, 0.2) is 85.3 Å². The van der Waals surface area contributed by atoms with E-state index in [1.807, 2.05) is 41.0 Å². The molecule has 4 heterocycles. The lowest BCUT2D eigenvalue weighted by molar-refractivity contribution is -0.385. The Labute approximate surface area is 253 Å². The van der Waals surface area contributed by atoms with Crippen LogP contribution in [0.25, 0.3) is 34.1 Å². The van der Waals surface area contributed by atoms with Crippen LogP contribution in [-0.2, 0) is 6.42 Å². The number of imidazole rings is 1. The van der Waals surface area contributed by atoms with Crippen molar-refractivity contribution in [3.8, 4) is 22.9 Å². The number of nitrogen functional groups attached to an aromatic ring is 1. The normalized spacial score (nSPS) is 14.2. The standard InChI is InChI=1S/C31H23F2N9O3/c32-27(33)18-4-7-21(25(16-18)42(44)45)31(43)38-23-9-5-17-15-19(6-8-20(17)23)41-29(22-3-1-12-35-28(22)34)37-24-10-11-26(39-30(24)41)40-14-2-13-36-40/h1-4,6-8,10-16,23,27H,5,9H2,(H2,34,35)(H,38,43)/t23-/m0/s1. The van der Waals surface area contributed by atoms with E-state index in [1.54, 1.807) is 35.4 Å². The van der Waals surface area contributed by atoms with E-state index in [4.69, 9.17) is 15.7 Å². The number of carbonyl (C=O) groups excluding carboxylic acids is 1. The molecule has 0 spiro atoms. The van der Waals surface area contributed by atoms with Gasteiger partial charge in [-0.15, -0.1) is 0 Å². The first kappa shape index (κ1) is 27.8. The Balaban J connectivity index is 1.27. The molecule has 0 unspecified atom stereocenters. The van der Waals surface area contributed by atoms with Gasteiger partial charge in [0.1, 0.15) is 16.9 Å². The number of aryl methyl sites for hydroxylation is 1. The third-order valence-electron chi connectivity index (χ3n) is 7.79. The number of nitrogens with two attached hydrogens (primary N) is 1. The zero-order valence-electron chi connectivity index (χ0n) is 23.3. The number of aromatic nitrogens is 6. The number of carbonyl (C=O) groups is 1. The lowest BCUT2D eigenvalue weighted by atomic mass is 10.1. The lowest BCUT2D eigenvalue weighted by Gasteiger charge is -2.16. The van der Waals surface area contributed by atoms with Crippen LogP contribution in [0.2, 0.25) is 0 Å². The highest BCUT2D eigenvalue weighted by atomic mass is 19.3. The number of hydrogen-bond donors (Lipinski definition) is 2. The molecule has 0 fully saturated rings. The summed E-state index contributed by atoms with van der Waals surface area (Å²) in [5.41, 5.74) is 9.17. The van der Waals surface area contributed by atoms with Gasteiger partial charge in [-0.3, -0.25) is 19.5 Å². The minimum Gasteiger partial charge on any atom is -0.383 e. The van der Waals surface area contributed by atoms with Gasteiger partial charge in [0.05, 0.1) is 16.5 Å². The molecule has 0 saturated heterocycles. The Morgan fingerprint density at radius 2 is 1.93 bits per heavy atom. The van der Waals surface area contributed by atoms with Crippen molar-refractivity contribution >= 4 is 28.6 Å². The molecule has 1 aliphatic carbocycles.